The number of aromatic amines is 1. The topological polar surface area (TPSA) is 55.0 Å². The van der Waals surface area contributed by atoms with Crippen molar-refractivity contribution in [3.05, 3.63) is 42.4 Å². The minimum Gasteiger partial charge on any atom is -0.465 e. The van der Waals surface area contributed by atoms with Crippen LogP contribution in [0.3, 0.4) is 0 Å². The number of carbonyl (C=O) groups excluding carboxylic acids is 1. The molecule has 1 N–H and O–H groups in total. The number of esters is 1. The first-order valence-corrected chi connectivity index (χ1v) is 7.54. The second-order valence-corrected chi connectivity index (χ2v) is 5.02. The second-order valence-electron chi connectivity index (χ2n) is 5.02. The highest BCUT2D eigenvalue weighted by molar-refractivity contribution is 5.69. The molecule has 0 saturated carbocycles. The van der Waals surface area contributed by atoms with E-state index in [4.69, 9.17) is 4.74 Å². The summed E-state index contributed by atoms with van der Waals surface area (Å²) < 4.78 is 5.27. The Labute approximate surface area is 125 Å². The lowest BCUT2D eigenvalue weighted by molar-refractivity contribution is -0.143. The van der Waals surface area contributed by atoms with Crippen molar-refractivity contribution in [3.63, 3.8) is 0 Å². The largest absolute Gasteiger partial charge is 0.465 e. The highest BCUT2D eigenvalue weighted by atomic mass is 16.5. The Bertz CT molecular complexity index is 549. The number of nitrogens with one attached hydrogen (secondary N) is 1. The lowest BCUT2D eigenvalue weighted by Gasteiger charge is -2.05. The van der Waals surface area contributed by atoms with E-state index < -0.39 is 0 Å². The summed E-state index contributed by atoms with van der Waals surface area (Å²) in [6.07, 6.45) is 5.96. The Morgan fingerprint density at radius 1 is 1.24 bits per heavy atom. The highest BCUT2D eigenvalue weighted by Gasteiger charge is 2.09. The molecule has 0 atom stereocenters. The van der Waals surface area contributed by atoms with Crippen molar-refractivity contribution in [3.8, 4) is 11.3 Å². The van der Waals surface area contributed by atoms with Crippen LogP contribution < -0.4 is 0 Å². The summed E-state index contributed by atoms with van der Waals surface area (Å²) in [4.78, 5) is 19.0. The maximum Gasteiger partial charge on any atom is 0.305 e. The van der Waals surface area contributed by atoms with Crippen LogP contribution in [-0.2, 0) is 16.0 Å². The summed E-state index contributed by atoms with van der Waals surface area (Å²) >= 11 is 0. The summed E-state index contributed by atoms with van der Waals surface area (Å²) in [5.74, 6) is -0.107. The molecule has 2 aromatic rings. The summed E-state index contributed by atoms with van der Waals surface area (Å²) in [6, 6.07) is 10.0. The van der Waals surface area contributed by atoms with Crippen LogP contribution in [-0.4, -0.2) is 22.5 Å². The molecule has 0 radical (unpaired) electrons. The number of hydrogen-bond donors (Lipinski definition) is 1. The van der Waals surface area contributed by atoms with Crippen molar-refractivity contribution in [1.82, 2.24) is 9.97 Å². The maximum absolute atomic E-state index is 11.6. The Hall–Kier alpha value is -2.10. The normalized spacial score (nSPS) is 10.5. The number of aromatic nitrogens is 2. The predicted molar refractivity (Wildman–Crippen MR) is 82.8 cm³/mol. The molecular formula is C17H22N2O2. The van der Waals surface area contributed by atoms with Crippen LogP contribution >= 0.6 is 0 Å². The maximum atomic E-state index is 11.6. The quantitative estimate of drug-likeness (QED) is 0.594. The average Bonchev–Trinajstić information content (AvgIpc) is 2.97. The van der Waals surface area contributed by atoms with E-state index in [2.05, 4.69) is 16.9 Å². The van der Waals surface area contributed by atoms with Gasteiger partial charge in [0.2, 0.25) is 0 Å². The van der Waals surface area contributed by atoms with Gasteiger partial charge in [0.05, 0.1) is 18.6 Å². The molecular weight excluding hydrogens is 264 g/mol. The summed E-state index contributed by atoms with van der Waals surface area (Å²) in [6.45, 7) is 2.52. The monoisotopic (exact) mass is 286 g/mol. The average molecular weight is 286 g/mol. The Kier molecular flexibility index (Phi) is 6.00. The summed E-state index contributed by atoms with van der Waals surface area (Å²) in [5, 5.41) is 0. The van der Waals surface area contributed by atoms with Gasteiger partial charge >= 0.3 is 5.97 Å². The van der Waals surface area contributed by atoms with Gasteiger partial charge in [-0.1, -0.05) is 50.1 Å². The molecule has 1 heterocycles. The second kappa shape index (κ2) is 8.25. The van der Waals surface area contributed by atoms with Crippen molar-refractivity contribution in [2.75, 3.05) is 6.61 Å². The third-order valence-corrected chi connectivity index (χ3v) is 3.37. The molecule has 0 bridgehead atoms. The van der Waals surface area contributed by atoms with Gasteiger partial charge in [-0.2, -0.15) is 0 Å². The number of carbonyl (C=O) groups is 1. The number of hydrogen-bond acceptors (Lipinski definition) is 3. The number of ether oxygens (including phenoxy) is 1. The number of H-pyrrole nitrogens is 1. The molecule has 21 heavy (non-hydrogen) atoms. The fourth-order valence-electron chi connectivity index (χ4n) is 2.21. The van der Waals surface area contributed by atoms with Gasteiger partial charge in [-0.05, 0) is 6.42 Å². The van der Waals surface area contributed by atoms with Crippen molar-refractivity contribution in [2.45, 2.75) is 39.0 Å². The zero-order valence-corrected chi connectivity index (χ0v) is 12.5. The molecule has 0 saturated heterocycles. The smallest absolute Gasteiger partial charge is 0.305 e. The minimum atomic E-state index is -0.107. The number of rotatable bonds is 8. The third-order valence-electron chi connectivity index (χ3n) is 3.37. The van der Waals surface area contributed by atoms with Crippen molar-refractivity contribution in [2.24, 2.45) is 0 Å². The highest BCUT2D eigenvalue weighted by Crippen LogP contribution is 2.20. The molecule has 0 amide bonds. The SMILES string of the molecule is CCCCCC(=O)OCCc1[nH]cnc1-c1ccccc1. The van der Waals surface area contributed by atoms with E-state index >= 15 is 0 Å². The van der Waals surface area contributed by atoms with E-state index in [1.165, 1.54) is 0 Å². The number of benzene rings is 1. The zero-order chi connectivity index (χ0) is 14.9. The fraction of sp³-hybridized carbons (Fsp3) is 0.412. The van der Waals surface area contributed by atoms with Crippen LogP contribution in [0.1, 0.15) is 38.3 Å². The molecule has 2 rings (SSSR count). The molecule has 1 aromatic heterocycles. The third kappa shape index (κ3) is 4.74. The Morgan fingerprint density at radius 2 is 2.05 bits per heavy atom. The first-order valence-electron chi connectivity index (χ1n) is 7.54. The van der Waals surface area contributed by atoms with Gasteiger partial charge in [-0.25, -0.2) is 4.98 Å². The lowest BCUT2D eigenvalue weighted by atomic mass is 10.1. The van der Waals surface area contributed by atoms with Gasteiger partial charge in [0, 0.05) is 24.1 Å². The van der Waals surface area contributed by atoms with Crippen LogP contribution in [0.25, 0.3) is 11.3 Å². The molecule has 0 fully saturated rings. The molecule has 112 valence electrons. The van der Waals surface area contributed by atoms with Gasteiger partial charge in [0.15, 0.2) is 0 Å². The molecule has 0 unspecified atom stereocenters. The minimum absolute atomic E-state index is 0.107. The van der Waals surface area contributed by atoms with E-state index in [1.54, 1.807) is 6.33 Å². The standard InChI is InChI=1S/C17H22N2O2/c1-2-3-5-10-16(20)21-12-11-15-17(19-13-18-15)14-8-6-4-7-9-14/h4,6-9,13H,2-3,5,10-12H2,1H3,(H,18,19). The zero-order valence-electron chi connectivity index (χ0n) is 12.5. The molecule has 0 aliphatic carbocycles. The molecule has 4 heteroatoms. The lowest BCUT2D eigenvalue weighted by Crippen LogP contribution is -2.08. The Balaban J connectivity index is 1.82. The van der Waals surface area contributed by atoms with Crippen LogP contribution in [0.2, 0.25) is 0 Å². The molecule has 1 aromatic carbocycles. The number of nitrogens with zero attached hydrogens (tertiary/aromatic N) is 1. The Morgan fingerprint density at radius 3 is 2.81 bits per heavy atom. The number of unbranched alkanes of at least 4 members (excludes halogenated alkanes) is 2. The van der Waals surface area contributed by atoms with Gasteiger partial charge in [0.1, 0.15) is 0 Å². The number of imidazole rings is 1. The van der Waals surface area contributed by atoms with E-state index in [-0.39, 0.29) is 5.97 Å². The summed E-state index contributed by atoms with van der Waals surface area (Å²) in [7, 11) is 0. The molecule has 4 nitrogen and oxygen atoms in total. The first-order chi connectivity index (χ1) is 10.3. The summed E-state index contributed by atoms with van der Waals surface area (Å²) in [5.41, 5.74) is 3.00. The van der Waals surface area contributed by atoms with E-state index in [0.717, 1.165) is 36.2 Å². The van der Waals surface area contributed by atoms with Gasteiger partial charge < -0.3 is 9.72 Å². The van der Waals surface area contributed by atoms with Crippen LogP contribution in [0.5, 0.6) is 0 Å². The molecule has 0 spiro atoms. The van der Waals surface area contributed by atoms with Gasteiger partial charge in [0.25, 0.3) is 0 Å². The van der Waals surface area contributed by atoms with Crippen LogP contribution in [0.15, 0.2) is 36.7 Å². The molecule has 0 aliphatic rings. The van der Waals surface area contributed by atoms with Gasteiger partial charge in [-0.3, -0.25) is 4.79 Å². The van der Waals surface area contributed by atoms with Crippen molar-refractivity contribution < 1.29 is 9.53 Å². The van der Waals surface area contributed by atoms with Gasteiger partial charge in [-0.15, -0.1) is 0 Å². The first kappa shape index (κ1) is 15.3. The van der Waals surface area contributed by atoms with E-state index in [1.807, 2.05) is 30.3 Å². The van der Waals surface area contributed by atoms with Crippen molar-refractivity contribution >= 4 is 5.97 Å². The predicted octanol–water partition coefficient (Wildman–Crippen LogP) is 3.74. The van der Waals surface area contributed by atoms with Crippen LogP contribution in [0, 0.1) is 0 Å². The van der Waals surface area contributed by atoms with E-state index in [0.29, 0.717) is 19.4 Å². The molecule has 0 aliphatic heterocycles. The van der Waals surface area contributed by atoms with Crippen molar-refractivity contribution in [1.29, 1.82) is 0 Å². The fourth-order valence-corrected chi connectivity index (χ4v) is 2.21. The van der Waals surface area contributed by atoms with E-state index in [9.17, 15) is 4.79 Å². The van der Waals surface area contributed by atoms with Crippen LogP contribution in [0.4, 0.5) is 0 Å².